The summed E-state index contributed by atoms with van der Waals surface area (Å²) in [4.78, 5) is 11.9. The molecule has 2 rings (SSSR count). The third-order valence-electron chi connectivity index (χ3n) is 2.84. The molecule has 0 radical (unpaired) electrons. The molecule has 0 amide bonds. The Labute approximate surface area is 106 Å². The number of hydrogen-bond acceptors (Lipinski definition) is 3. The first-order chi connectivity index (χ1) is 8.61. The second-order valence-electron chi connectivity index (χ2n) is 4.10. The summed E-state index contributed by atoms with van der Waals surface area (Å²) >= 11 is 0. The van der Waals surface area contributed by atoms with Crippen molar-refractivity contribution in [1.29, 1.82) is 0 Å². The van der Waals surface area contributed by atoms with Crippen molar-refractivity contribution >= 4 is 11.9 Å². The Kier molecular flexibility index (Phi) is 3.41. The Balaban J connectivity index is 2.15. The van der Waals surface area contributed by atoms with Crippen LogP contribution >= 0.6 is 0 Å². The maximum absolute atomic E-state index is 11.9. The monoisotopic (exact) mass is 244 g/mol. The van der Waals surface area contributed by atoms with Gasteiger partial charge in [0.1, 0.15) is 0 Å². The summed E-state index contributed by atoms with van der Waals surface area (Å²) in [5.41, 5.74) is 2.62. The molecule has 18 heavy (non-hydrogen) atoms. The number of aryl methyl sites for hydroxylation is 2. The minimum atomic E-state index is -0.0493. The molecule has 0 aliphatic carbocycles. The number of carbonyl (C=O) groups is 1. The van der Waals surface area contributed by atoms with Crippen LogP contribution in [0.25, 0.3) is 6.08 Å². The quantitative estimate of drug-likeness (QED) is 0.609. The number of hydrogen-bond donors (Lipinski definition) is 0. The lowest BCUT2D eigenvalue weighted by atomic mass is 10.2. The van der Waals surface area contributed by atoms with E-state index in [1.165, 1.54) is 0 Å². The molecule has 0 N–H and O–H groups in total. The van der Waals surface area contributed by atoms with Gasteiger partial charge in [-0.2, -0.15) is 10.2 Å². The highest BCUT2D eigenvalue weighted by Crippen LogP contribution is 2.10. The molecule has 2 heterocycles. The van der Waals surface area contributed by atoms with Crippen LogP contribution in [-0.2, 0) is 13.6 Å². The molecule has 0 atom stereocenters. The average molecular weight is 244 g/mol. The number of carbonyl (C=O) groups excluding carboxylic acids is 1. The Morgan fingerprint density at radius 1 is 1.39 bits per heavy atom. The van der Waals surface area contributed by atoms with Crippen LogP contribution in [-0.4, -0.2) is 25.3 Å². The van der Waals surface area contributed by atoms with Crippen LogP contribution in [0, 0.1) is 6.92 Å². The molecule has 0 aliphatic rings. The van der Waals surface area contributed by atoms with E-state index in [-0.39, 0.29) is 5.78 Å². The third-order valence-corrected chi connectivity index (χ3v) is 2.84. The van der Waals surface area contributed by atoms with E-state index in [1.807, 2.05) is 18.5 Å². The Morgan fingerprint density at radius 2 is 2.17 bits per heavy atom. The van der Waals surface area contributed by atoms with Gasteiger partial charge >= 0.3 is 0 Å². The van der Waals surface area contributed by atoms with Gasteiger partial charge in [-0.3, -0.25) is 14.2 Å². The van der Waals surface area contributed by atoms with E-state index in [1.54, 1.807) is 42.5 Å². The first-order valence-corrected chi connectivity index (χ1v) is 5.85. The van der Waals surface area contributed by atoms with Crippen molar-refractivity contribution < 1.29 is 4.79 Å². The van der Waals surface area contributed by atoms with Crippen molar-refractivity contribution in [1.82, 2.24) is 19.6 Å². The van der Waals surface area contributed by atoms with Crippen molar-refractivity contribution in [2.45, 2.75) is 20.4 Å². The van der Waals surface area contributed by atoms with Crippen LogP contribution in [0.5, 0.6) is 0 Å². The molecule has 0 unspecified atom stereocenters. The summed E-state index contributed by atoms with van der Waals surface area (Å²) in [7, 11) is 1.79. The minimum absolute atomic E-state index is 0.0493. The Bertz CT molecular complexity index is 592. The van der Waals surface area contributed by atoms with Crippen molar-refractivity contribution in [3.8, 4) is 0 Å². The second kappa shape index (κ2) is 5.00. The van der Waals surface area contributed by atoms with E-state index in [0.29, 0.717) is 5.56 Å². The van der Waals surface area contributed by atoms with Crippen LogP contribution in [0.1, 0.15) is 28.5 Å². The molecule has 5 heteroatoms. The molecule has 0 spiro atoms. The molecule has 0 saturated heterocycles. The van der Waals surface area contributed by atoms with Gasteiger partial charge in [0.2, 0.25) is 0 Å². The third kappa shape index (κ3) is 2.40. The molecule has 0 fully saturated rings. The number of allylic oxidation sites excluding steroid dienone is 1. The van der Waals surface area contributed by atoms with E-state index in [4.69, 9.17) is 0 Å². The molecule has 94 valence electrons. The van der Waals surface area contributed by atoms with Gasteiger partial charge in [0.25, 0.3) is 0 Å². The van der Waals surface area contributed by atoms with Crippen LogP contribution in [0.15, 0.2) is 24.7 Å². The van der Waals surface area contributed by atoms with E-state index in [2.05, 4.69) is 10.2 Å². The minimum Gasteiger partial charge on any atom is -0.289 e. The number of ketones is 1. The van der Waals surface area contributed by atoms with E-state index in [9.17, 15) is 4.79 Å². The predicted molar refractivity (Wildman–Crippen MR) is 69.2 cm³/mol. The lowest BCUT2D eigenvalue weighted by Gasteiger charge is -1.98. The van der Waals surface area contributed by atoms with Gasteiger partial charge in [-0.05, 0) is 26.0 Å². The zero-order valence-electron chi connectivity index (χ0n) is 10.8. The molecule has 5 nitrogen and oxygen atoms in total. The first-order valence-electron chi connectivity index (χ1n) is 5.85. The molecule has 2 aromatic heterocycles. The van der Waals surface area contributed by atoms with Crippen LogP contribution in [0.2, 0.25) is 0 Å². The first kappa shape index (κ1) is 12.3. The van der Waals surface area contributed by atoms with Crippen molar-refractivity contribution in [2.24, 2.45) is 7.05 Å². The molecule has 2 aromatic rings. The summed E-state index contributed by atoms with van der Waals surface area (Å²) in [6.07, 6.45) is 8.39. The zero-order chi connectivity index (χ0) is 13.1. The van der Waals surface area contributed by atoms with Gasteiger partial charge in [-0.15, -0.1) is 0 Å². The Hall–Kier alpha value is -2.17. The van der Waals surface area contributed by atoms with E-state index < -0.39 is 0 Å². The lowest BCUT2D eigenvalue weighted by Crippen LogP contribution is -1.98. The molecule has 0 aliphatic heterocycles. The highest BCUT2D eigenvalue weighted by molar-refractivity contribution is 6.06. The second-order valence-corrected chi connectivity index (χ2v) is 4.10. The molecule has 0 bridgehead atoms. The van der Waals surface area contributed by atoms with Crippen molar-refractivity contribution in [3.05, 3.63) is 41.5 Å². The number of nitrogens with zero attached hydrogens (tertiary/aromatic N) is 4. The molecule has 0 saturated carbocycles. The fourth-order valence-corrected chi connectivity index (χ4v) is 1.75. The van der Waals surface area contributed by atoms with Gasteiger partial charge in [0, 0.05) is 31.0 Å². The molecular weight excluding hydrogens is 228 g/mol. The SMILES string of the molecule is CCn1ncc(C=CC(=O)c2cnn(C)c2)c1C. The van der Waals surface area contributed by atoms with Crippen molar-refractivity contribution in [3.63, 3.8) is 0 Å². The molecule has 0 aromatic carbocycles. The number of aromatic nitrogens is 4. The standard InChI is InChI=1S/C13H16N4O/c1-4-17-10(2)11(7-15-17)5-6-13(18)12-8-14-16(3)9-12/h5-9H,4H2,1-3H3. The van der Waals surface area contributed by atoms with Gasteiger partial charge in [-0.1, -0.05) is 0 Å². The fraction of sp³-hybridized carbons (Fsp3) is 0.308. The highest BCUT2D eigenvalue weighted by atomic mass is 16.1. The van der Waals surface area contributed by atoms with Gasteiger partial charge < -0.3 is 0 Å². The van der Waals surface area contributed by atoms with Crippen LogP contribution < -0.4 is 0 Å². The smallest absolute Gasteiger partial charge is 0.189 e. The fourth-order valence-electron chi connectivity index (χ4n) is 1.75. The normalized spacial score (nSPS) is 11.3. The summed E-state index contributed by atoms with van der Waals surface area (Å²) in [5, 5.41) is 8.20. The lowest BCUT2D eigenvalue weighted by molar-refractivity contribution is 0.104. The summed E-state index contributed by atoms with van der Waals surface area (Å²) in [5.74, 6) is -0.0493. The van der Waals surface area contributed by atoms with Crippen molar-refractivity contribution in [2.75, 3.05) is 0 Å². The average Bonchev–Trinajstić information content (AvgIpc) is 2.93. The van der Waals surface area contributed by atoms with E-state index >= 15 is 0 Å². The maximum atomic E-state index is 11.9. The highest BCUT2D eigenvalue weighted by Gasteiger charge is 2.05. The summed E-state index contributed by atoms with van der Waals surface area (Å²) in [6.45, 7) is 4.86. The van der Waals surface area contributed by atoms with Gasteiger partial charge in [0.15, 0.2) is 5.78 Å². The predicted octanol–water partition coefficient (Wildman–Crippen LogP) is 1.84. The summed E-state index contributed by atoms with van der Waals surface area (Å²) < 4.78 is 3.51. The number of rotatable bonds is 4. The van der Waals surface area contributed by atoms with Gasteiger partial charge in [0.05, 0.1) is 18.0 Å². The van der Waals surface area contributed by atoms with E-state index in [0.717, 1.165) is 17.8 Å². The topological polar surface area (TPSA) is 52.7 Å². The van der Waals surface area contributed by atoms with Crippen LogP contribution in [0.3, 0.4) is 0 Å². The van der Waals surface area contributed by atoms with Gasteiger partial charge in [-0.25, -0.2) is 0 Å². The molecular formula is C13H16N4O. The summed E-state index contributed by atoms with van der Waals surface area (Å²) in [6, 6.07) is 0. The zero-order valence-corrected chi connectivity index (χ0v) is 10.8. The maximum Gasteiger partial charge on any atom is 0.189 e. The largest absolute Gasteiger partial charge is 0.289 e. The van der Waals surface area contributed by atoms with Crippen LogP contribution in [0.4, 0.5) is 0 Å². The Morgan fingerprint density at radius 3 is 2.72 bits per heavy atom.